The highest BCUT2D eigenvalue weighted by Gasteiger charge is 2.43. The van der Waals surface area contributed by atoms with Crippen molar-refractivity contribution < 1.29 is 24.2 Å². The molecule has 144 valence electrons. The first kappa shape index (κ1) is 19.1. The van der Waals surface area contributed by atoms with Crippen molar-refractivity contribution >= 4 is 17.5 Å². The SMILES string of the molecule is CCCOC(=O)C1C(C)=NC2=C(C(=O)CCC2)[C@H]1c1ccc(O)c(OC)c1. The molecule has 1 aliphatic heterocycles. The van der Waals surface area contributed by atoms with E-state index in [2.05, 4.69) is 4.99 Å². The molecule has 1 unspecified atom stereocenters. The molecule has 0 fully saturated rings. The highest BCUT2D eigenvalue weighted by molar-refractivity contribution is 6.08. The predicted molar refractivity (Wildman–Crippen MR) is 101 cm³/mol. The van der Waals surface area contributed by atoms with Crippen LogP contribution in [0.2, 0.25) is 0 Å². The van der Waals surface area contributed by atoms with Crippen LogP contribution in [0.4, 0.5) is 0 Å². The number of aliphatic imine (C=N–C) groups is 1. The molecule has 0 radical (unpaired) electrons. The molecular weight excluding hydrogens is 346 g/mol. The Labute approximate surface area is 158 Å². The summed E-state index contributed by atoms with van der Waals surface area (Å²) in [7, 11) is 1.47. The topological polar surface area (TPSA) is 85.2 Å². The summed E-state index contributed by atoms with van der Waals surface area (Å²) in [5.41, 5.74) is 2.75. The lowest BCUT2D eigenvalue weighted by molar-refractivity contribution is -0.146. The third-order valence-electron chi connectivity index (χ3n) is 5.10. The normalized spacial score (nSPS) is 22.2. The van der Waals surface area contributed by atoms with E-state index in [1.807, 2.05) is 13.8 Å². The maximum absolute atomic E-state index is 12.8. The van der Waals surface area contributed by atoms with Crippen LogP contribution in [0.25, 0.3) is 0 Å². The summed E-state index contributed by atoms with van der Waals surface area (Å²) < 4.78 is 10.6. The number of methoxy groups -OCH3 is 1. The van der Waals surface area contributed by atoms with Gasteiger partial charge in [-0.1, -0.05) is 13.0 Å². The van der Waals surface area contributed by atoms with Crippen LogP contribution >= 0.6 is 0 Å². The Morgan fingerprint density at radius 3 is 2.81 bits per heavy atom. The van der Waals surface area contributed by atoms with Crippen LogP contribution in [0.15, 0.2) is 34.5 Å². The molecule has 1 aromatic rings. The third-order valence-corrected chi connectivity index (χ3v) is 5.10. The van der Waals surface area contributed by atoms with Crippen LogP contribution in [0.5, 0.6) is 11.5 Å². The van der Waals surface area contributed by atoms with E-state index >= 15 is 0 Å². The van der Waals surface area contributed by atoms with E-state index in [0.29, 0.717) is 30.1 Å². The average molecular weight is 371 g/mol. The second-order valence-electron chi connectivity index (χ2n) is 6.94. The van der Waals surface area contributed by atoms with Crippen molar-refractivity contribution in [3.8, 4) is 11.5 Å². The Balaban J connectivity index is 2.13. The standard InChI is InChI=1S/C21H25NO5/c1-4-10-27-21(25)18-12(2)22-14-6-5-7-16(24)20(14)19(18)13-8-9-15(23)17(11-13)26-3/h8-9,11,18-19,23H,4-7,10H2,1-3H3/t18?,19-/m0/s1. The number of esters is 1. The zero-order valence-corrected chi connectivity index (χ0v) is 15.9. The molecule has 0 saturated carbocycles. The van der Waals surface area contributed by atoms with Gasteiger partial charge in [0.25, 0.3) is 0 Å². The molecule has 0 amide bonds. The number of ether oxygens (including phenoxy) is 2. The monoisotopic (exact) mass is 371 g/mol. The largest absolute Gasteiger partial charge is 0.504 e. The lowest BCUT2D eigenvalue weighted by Crippen LogP contribution is -2.37. The van der Waals surface area contributed by atoms with Gasteiger partial charge in [0.15, 0.2) is 17.3 Å². The fourth-order valence-electron chi connectivity index (χ4n) is 3.85. The van der Waals surface area contributed by atoms with Gasteiger partial charge in [-0.2, -0.15) is 0 Å². The number of allylic oxidation sites excluding steroid dienone is 2. The number of carbonyl (C=O) groups excluding carboxylic acids is 2. The van der Waals surface area contributed by atoms with Crippen LogP contribution in [0, 0.1) is 5.92 Å². The first-order chi connectivity index (χ1) is 13.0. The predicted octanol–water partition coefficient (Wildman–Crippen LogP) is 3.54. The highest BCUT2D eigenvalue weighted by Crippen LogP contribution is 2.45. The summed E-state index contributed by atoms with van der Waals surface area (Å²) in [6, 6.07) is 4.94. The number of carbonyl (C=O) groups is 2. The van der Waals surface area contributed by atoms with Gasteiger partial charge >= 0.3 is 5.97 Å². The number of nitrogens with zero attached hydrogens (tertiary/aromatic N) is 1. The molecule has 1 N–H and O–H groups in total. The van der Waals surface area contributed by atoms with Crippen LogP contribution in [-0.4, -0.2) is 36.3 Å². The molecule has 3 rings (SSSR count). The van der Waals surface area contributed by atoms with E-state index < -0.39 is 11.8 Å². The summed E-state index contributed by atoms with van der Waals surface area (Å²) in [6.45, 7) is 4.07. The minimum absolute atomic E-state index is 0.0109. The van der Waals surface area contributed by atoms with Crippen molar-refractivity contribution in [2.45, 2.75) is 45.4 Å². The summed E-state index contributed by atoms with van der Waals surface area (Å²) >= 11 is 0. The quantitative estimate of drug-likeness (QED) is 0.800. The maximum atomic E-state index is 12.8. The van der Waals surface area contributed by atoms with E-state index in [0.717, 1.165) is 30.5 Å². The first-order valence-electron chi connectivity index (χ1n) is 9.32. The maximum Gasteiger partial charge on any atom is 0.315 e. The van der Waals surface area contributed by atoms with E-state index in [1.54, 1.807) is 12.1 Å². The van der Waals surface area contributed by atoms with E-state index in [9.17, 15) is 14.7 Å². The van der Waals surface area contributed by atoms with Crippen LogP contribution in [-0.2, 0) is 14.3 Å². The first-order valence-corrected chi connectivity index (χ1v) is 9.32. The van der Waals surface area contributed by atoms with E-state index in [1.165, 1.54) is 13.2 Å². The minimum atomic E-state index is -0.661. The second kappa shape index (κ2) is 7.94. The van der Waals surface area contributed by atoms with Crippen molar-refractivity contribution in [1.29, 1.82) is 0 Å². The van der Waals surface area contributed by atoms with Gasteiger partial charge in [-0.05, 0) is 43.9 Å². The fourth-order valence-corrected chi connectivity index (χ4v) is 3.85. The lowest BCUT2D eigenvalue weighted by Gasteiger charge is -2.34. The molecule has 0 aromatic heterocycles. The van der Waals surface area contributed by atoms with E-state index in [4.69, 9.17) is 9.47 Å². The fraction of sp³-hybridized carbons (Fsp3) is 0.476. The number of hydrogen-bond acceptors (Lipinski definition) is 6. The van der Waals surface area contributed by atoms with Crippen LogP contribution in [0.3, 0.4) is 0 Å². The minimum Gasteiger partial charge on any atom is -0.504 e. The molecule has 0 saturated heterocycles. The molecule has 1 aromatic carbocycles. The molecule has 2 atom stereocenters. The molecule has 27 heavy (non-hydrogen) atoms. The lowest BCUT2D eigenvalue weighted by atomic mass is 9.71. The number of aromatic hydroxyl groups is 1. The number of benzene rings is 1. The van der Waals surface area contributed by atoms with Gasteiger partial charge in [-0.3, -0.25) is 14.6 Å². The summed E-state index contributed by atoms with van der Waals surface area (Å²) in [5.74, 6) is -1.18. The van der Waals surface area contributed by atoms with Crippen molar-refractivity contribution in [1.82, 2.24) is 0 Å². The Morgan fingerprint density at radius 1 is 1.33 bits per heavy atom. The number of phenolic OH excluding ortho intramolecular Hbond substituents is 1. The number of phenols is 1. The smallest absolute Gasteiger partial charge is 0.315 e. The van der Waals surface area contributed by atoms with Gasteiger partial charge in [-0.25, -0.2) is 0 Å². The van der Waals surface area contributed by atoms with Gasteiger partial charge < -0.3 is 14.6 Å². The number of ketones is 1. The number of Topliss-reactive ketones (excluding diaryl/α,β-unsaturated/α-hetero) is 1. The summed E-state index contributed by atoms with van der Waals surface area (Å²) in [5, 5.41) is 9.94. The molecule has 1 aliphatic carbocycles. The average Bonchev–Trinajstić information content (AvgIpc) is 2.65. The zero-order chi connectivity index (χ0) is 19.6. The van der Waals surface area contributed by atoms with Crippen molar-refractivity contribution in [3.63, 3.8) is 0 Å². The molecular formula is C21H25NO5. The summed E-state index contributed by atoms with van der Waals surface area (Å²) in [6.07, 6.45) is 2.67. The summed E-state index contributed by atoms with van der Waals surface area (Å²) in [4.78, 5) is 30.2. The van der Waals surface area contributed by atoms with Crippen LogP contribution in [0.1, 0.15) is 51.0 Å². The Hall–Kier alpha value is -2.63. The van der Waals surface area contributed by atoms with Crippen molar-refractivity contribution in [3.05, 3.63) is 35.0 Å². The molecule has 0 spiro atoms. The Bertz CT molecular complexity index is 824. The Kier molecular flexibility index (Phi) is 5.63. The zero-order valence-electron chi connectivity index (χ0n) is 15.9. The number of hydrogen-bond donors (Lipinski definition) is 1. The molecule has 6 heteroatoms. The van der Waals surface area contributed by atoms with Crippen LogP contribution < -0.4 is 4.74 Å². The molecule has 6 nitrogen and oxygen atoms in total. The molecule has 0 bridgehead atoms. The highest BCUT2D eigenvalue weighted by atomic mass is 16.5. The van der Waals surface area contributed by atoms with E-state index in [-0.39, 0.29) is 17.5 Å². The van der Waals surface area contributed by atoms with Gasteiger partial charge in [0.2, 0.25) is 0 Å². The van der Waals surface area contributed by atoms with Gasteiger partial charge in [0.05, 0.1) is 13.7 Å². The van der Waals surface area contributed by atoms with Crippen molar-refractivity contribution in [2.24, 2.45) is 10.9 Å². The Morgan fingerprint density at radius 2 is 2.11 bits per heavy atom. The van der Waals surface area contributed by atoms with Gasteiger partial charge in [-0.15, -0.1) is 0 Å². The van der Waals surface area contributed by atoms with Gasteiger partial charge in [0, 0.05) is 29.3 Å². The molecule has 2 aliphatic rings. The van der Waals surface area contributed by atoms with Gasteiger partial charge in [0.1, 0.15) is 5.92 Å². The van der Waals surface area contributed by atoms with Crippen molar-refractivity contribution in [2.75, 3.05) is 13.7 Å². The second-order valence-corrected chi connectivity index (χ2v) is 6.94. The molecule has 1 heterocycles. The number of rotatable bonds is 5. The third kappa shape index (κ3) is 3.61.